The van der Waals surface area contributed by atoms with E-state index >= 15 is 0 Å². The van der Waals surface area contributed by atoms with Crippen molar-refractivity contribution in [2.75, 3.05) is 26.8 Å². The lowest BCUT2D eigenvalue weighted by Crippen LogP contribution is -2.32. The number of rotatable bonds is 8. The van der Waals surface area contributed by atoms with Crippen LogP contribution >= 0.6 is 0 Å². The minimum Gasteiger partial charge on any atom is -0.437 e. The molecule has 20 heavy (non-hydrogen) atoms. The lowest BCUT2D eigenvalue weighted by Gasteiger charge is -2.22. The highest BCUT2D eigenvalue weighted by Crippen LogP contribution is 2.17. The van der Waals surface area contributed by atoms with Gasteiger partial charge in [0, 0.05) is 12.5 Å². The van der Waals surface area contributed by atoms with Crippen molar-refractivity contribution in [1.82, 2.24) is 4.90 Å². The van der Waals surface area contributed by atoms with Gasteiger partial charge in [0.05, 0.1) is 13.7 Å². The van der Waals surface area contributed by atoms with E-state index in [4.69, 9.17) is 0 Å². The number of esters is 1. The van der Waals surface area contributed by atoms with Gasteiger partial charge in [-0.05, 0) is 38.8 Å². The maximum absolute atomic E-state index is 11.2. The number of methoxy groups -OCH3 is 1. The third kappa shape index (κ3) is 6.34. The van der Waals surface area contributed by atoms with Crippen LogP contribution in [0.3, 0.4) is 0 Å². The average Bonchev–Trinajstić information content (AvgIpc) is 2.89. The number of nitrogens with zero attached hydrogens (tertiary/aromatic N) is 1. The first-order chi connectivity index (χ1) is 9.67. The molecule has 1 aliphatic rings. The van der Waals surface area contributed by atoms with Crippen LogP contribution in [0.25, 0.3) is 0 Å². The van der Waals surface area contributed by atoms with E-state index in [-0.39, 0.29) is 13.0 Å². The van der Waals surface area contributed by atoms with Crippen LogP contribution in [0.15, 0.2) is 0 Å². The summed E-state index contributed by atoms with van der Waals surface area (Å²) in [5, 5.41) is 9.20. The van der Waals surface area contributed by atoms with E-state index in [0.29, 0.717) is 6.04 Å². The van der Waals surface area contributed by atoms with Gasteiger partial charge in [0.1, 0.15) is 0 Å². The molecule has 1 saturated heterocycles. The van der Waals surface area contributed by atoms with Gasteiger partial charge in [-0.3, -0.25) is 9.69 Å². The summed E-state index contributed by atoms with van der Waals surface area (Å²) in [4.78, 5) is 24.2. The van der Waals surface area contributed by atoms with Crippen LogP contribution in [0.4, 0.5) is 4.79 Å². The maximum Gasteiger partial charge on any atom is 0.515 e. The smallest absolute Gasteiger partial charge is 0.437 e. The normalized spacial score (nSPS) is 19.0. The standard InChI is InChI=1S/C14H25NO5/c1-19-14(18)20-13(17)8-4-2-3-5-9-15-10-6-7-12(15)11-16/h12,16H,2-11H2,1H3/t12-/m0/s1. The molecular formula is C14H25NO5. The summed E-state index contributed by atoms with van der Waals surface area (Å²) in [6.07, 6.45) is 5.34. The molecule has 1 rings (SSSR count). The van der Waals surface area contributed by atoms with Gasteiger partial charge in [-0.1, -0.05) is 12.8 Å². The van der Waals surface area contributed by atoms with Crippen LogP contribution in [0, 0.1) is 0 Å². The van der Waals surface area contributed by atoms with Gasteiger partial charge in [0.25, 0.3) is 0 Å². The van der Waals surface area contributed by atoms with Crippen molar-refractivity contribution in [2.24, 2.45) is 0 Å². The van der Waals surface area contributed by atoms with Crippen LogP contribution in [0.1, 0.15) is 44.9 Å². The van der Waals surface area contributed by atoms with E-state index in [2.05, 4.69) is 14.4 Å². The Morgan fingerprint density at radius 2 is 2.00 bits per heavy atom. The number of unbranched alkanes of at least 4 members (excludes halogenated alkanes) is 3. The maximum atomic E-state index is 11.2. The van der Waals surface area contributed by atoms with Crippen molar-refractivity contribution >= 4 is 12.1 Å². The zero-order valence-electron chi connectivity index (χ0n) is 12.2. The molecule has 116 valence electrons. The molecular weight excluding hydrogens is 262 g/mol. The molecule has 0 amide bonds. The van der Waals surface area contributed by atoms with Crippen molar-refractivity contribution in [3.05, 3.63) is 0 Å². The molecule has 0 aliphatic carbocycles. The predicted molar refractivity (Wildman–Crippen MR) is 73.3 cm³/mol. The molecule has 6 nitrogen and oxygen atoms in total. The van der Waals surface area contributed by atoms with Crippen molar-refractivity contribution in [3.8, 4) is 0 Å². The first kappa shape index (κ1) is 16.9. The largest absolute Gasteiger partial charge is 0.515 e. The molecule has 1 fully saturated rings. The van der Waals surface area contributed by atoms with E-state index < -0.39 is 12.1 Å². The fraction of sp³-hybridized carbons (Fsp3) is 0.857. The van der Waals surface area contributed by atoms with Crippen LogP contribution in [-0.4, -0.2) is 55.0 Å². The molecule has 1 atom stereocenters. The van der Waals surface area contributed by atoms with E-state index in [1.54, 1.807) is 0 Å². The molecule has 0 saturated carbocycles. The molecule has 0 radical (unpaired) electrons. The molecule has 0 aromatic rings. The Bertz CT molecular complexity index is 308. The Balaban J connectivity index is 1.97. The summed E-state index contributed by atoms with van der Waals surface area (Å²) >= 11 is 0. The van der Waals surface area contributed by atoms with Gasteiger partial charge in [0.15, 0.2) is 0 Å². The topological polar surface area (TPSA) is 76.1 Å². The van der Waals surface area contributed by atoms with E-state index in [9.17, 15) is 14.7 Å². The van der Waals surface area contributed by atoms with Crippen LogP contribution in [0.5, 0.6) is 0 Å². The van der Waals surface area contributed by atoms with Gasteiger partial charge in [-0.25, -0.2) is 4.79 Å². The molecule has 0 aromatic heterocycles. The van der Waals surface area contributed by atoms with Crippen LogP contribution in [0.2, 0.25) is 0 Å². The Labute approximate surface area is 120 Å². The van der Waals surface area contributed by atoms with E-state index in [1.807, 2.05) is 0 Å². The molecule has 0 bridgehead atoms. The predicted octanol–water partition coefficient (Wildman–Crippen LogP) is 1.70. The minimum atomic E-state index is -0.945. The number of hydrogen-bond donors (Lipinski definition) is 1. The minimum absolute atomic E-state index is 0.248. The molecule has 1 N–H and O–H groups in total. The number of aliphatic hydroxyl groups excluding tert-OH is 1. The fourth-order valence-corrected chi connectivity index (χ4v) is 2.52. The van der Waals surface area contributed by atoms with Crippen molar-refractivity contribution in [2.45, 2.75) is 51.0 Å². The average molecular weight is 287 g/mol. The van der Waals surface area contributed by atoms with Crippen molar-refractivity contribution in [3.63, 3.8) is 0 Å². The monoisotopic (exact) mass is 287 g/mol. The second kappa shape index (κ2) is 9.72. The highest BCUT2D eigenvalue weighted by molar-refractivity contribution is 5.81. The zero-order chi connectivity index (χ0) is 14.8. The number of carbonyl (C=O) groups is 2. The molecule has 1 heterocycles. The molecule has 0 unspecified atom stereocenters. The molecule has 6 heteroatoms. The first-order valence-corrected chi connectivity index (χ1v) is 7.31. The Hall–Kier alpha value is -1.14. The quantitative estimate of drug-likeness (QED) is 0.416. The summed E-state index contributed by atoms with van der Waals surface area (Å²) in [5.74, 6) is -0.531. The Kier molecular flexibility index (Phi) is 8.22. The number of likely N-dealkylation sites (tertiary alicyclic amines) is 1. The molecule has 0 spiro atoms. The van der Waals surface area contributed by atoms with Gasteiger partial charge < -0.3 is 14.6 Å². The summed E-state index contributed by atoms with van der Waals surface area (Å²) in [7, 11) is 1.17. The van der Waals surface area contributed by atoms with Crippen molar-refractivity contribution < 1.29 is 24.2 Å². The van der Waals surface area contributed by atoms with Crippen LogP contribution < -0.4 is 0 Å². The zero-order valence-corrected chi connectivity index (χ0v) is 12.2. The summed E-state index contributed by atoms with van der Waals surface area (Å²) in [5.41, 5.74) is 0. The first-order valence-electron chi connectivity index (χ1n) is 7.31. The van der Waals surface area contributed by atoms with Gasteiger partial charge >= 0.3 is 12.1 Å². The number of ether oxygens (including phenoxy) is 2. The summed E-state index contributed by atoms with van der Waals surface area (Å²) < 4.78 is 8.62. The highest BCUT2D eigenvalue weighted by atomic mass is 16.7. The Morgan fingerprint density at radius 3 is 2.70 bits per heavy atom. The van der Waals surface area contributed by atoms with Gasteiger partial charge in [-0.2, -0.15) is 0 Å². The Morgan fingerprint density at radius 1 is 1.25 bits per heavy atom. The van der Waals surface area contributed by atoms with Gasteiger partial charge in [-0.15, -0.1) is 0 Å². The summed E-state index contributed by atoms with van der Waals surface area (Å²) in [6.45, 7) is 2.34. The SMILES string of the molecule is COC(=O)OC(=O)CCCCCCN1CCC[C@H]1CO. The molecule has 0 aromatic carbocycles. The third-order valence-electron chi connectivity index (χ3n) is 3.65. The van der Waals surface area contributed by atoms with Gasteiger partial charge in [0.2, 0.25) is 0 Å². The lowest BCUT2D eigenvalue weighted by atomic mass is 10.1. The number of hydrogen-bond acceptors (Lipinski definition) is 6. The fourth-order valence-electron chi connectivity index (χ4n) is 2.52. The van der Waals surface area contributed by atoms with Crippen molar-refractivity contribution in [1.29, 1.82) is 0 Å². The molecule has 1 aliphatic heterocycles. The summed E-state index contributed by atoms with van der Waals surface area (Å²) in [6, 6.07) is 0.338. The van der Waals surface area contributed by atoms with E-state index in [0.717, 1.165) is 45.2 Å². The number of aliphatic hydroxyl groups is 1. The lowest BCUT2D eigenvalue weighted by molar-refractivity contribution is -0.139. The second-order valence-corrected chi connectivity index (χ2v) is 5.11. The second-order valence-electron chi connectivity index (χ2n) is 5.11. The third-order valence-corrected chi connectivity index (χ3v) is 3.65. The van der Waals surface area contributed by atoms with Crippen LogP contribution in [-0.2, 0) is 14.3 Å². The highest BCUT2D eigenvalue weighted by Gasteiger charge is 2.22. The van der Waals surface area contributed by atoms with E-state index in [1.165, 1.54) is 13.5 Å². The number of carbonyl (C=O) groups excluding carboxylic acids is 2.